The minimum atomic E-state index is -0.0599. The van der Waals surface area contributed by atoms with E-state index in [1.165, 1.54) is 12.8 Å². The van der Waals surface area contributed by atoms with E-state index in [1.54, 1.807) is 0 Å². The van der Waals surface area contributed by atoms with Crippen LogP contribution in [0.4, 0.5) is 0 Å². The molecule has 2 aliphatic rings. The number of H-pyrrole nitrogens is 1. The van der Waals surface area contributed by atoms with E-state index in [1.807, 2.05) is 31.2 Å². The van der Waals surface area contributed by atoms with Crippen LogP contribution in [0.5, 0.6) is 0 Å². The first-order chi connectivity index (χ1) is 9.72. The first-order valence-corrected chi connectivity index (χ1v) is 7.47. The monoisotopic (exact) mass is 269 g/mol. The van der Waals surface area contributed by atoms with Crippen LogP contribution in [0.15, 0.2) is 24.3 Å². The van der Waals surface area contributed by atoms with Crippen molar-refractivity contribution in [3.8, 4) is 0 Å². The zero-order valence-electron chi connectivity index (χ0n) is 11.6. The number of benzene rings is 1. The van der Waals surface area contributed by atoms with Gasteiger partial charge in [-0.25, -0.2) is 4.98 Å². The maximum Gasteiger partial charge on any atom is 0.223 e. The van der Waals surface area contributed by atoms with Crippen molar-refractivity contribution in [2.75, 3.05) is 0 Å². The van der Waals surface area contributed by atoms with Gasteiger partial charge in [0.05, 0.1) is 17.1 Å². The lowest BCUT2D eigenvalue weighted by Crippen LogP contribution is -2.29. The number of nitrogens with zero attached hydrogens (tertiary/aromatic N) is 1. The van der Waals surface area contributed by atoms with Crippen molar-refractivity contribution >= 4 is 16.9 Å². The molecule has 0 saturated heterocycles. The van der Waals surface area contributed by atoms with Gasteiger partial charge in [-0.2, -0.15) is 0 Å². The molecule has 2 fully saturated rings. The molecule has 2 N–H and O–H groups in total. The van der Waals surface area contributed by atoms with Crippen LogP contribution in [0.3, 0.4) is 0 Å². The molecule has 1 heterocycles. The zero-order valence-corrected chi connectivity index (χ0v) is 11.6. The van der Waals surface area contributed by atoms with E-state index in [0.29, 0.717) is 5.92 Å². The number of aromatic amines is 1. The Labute approximate surface area is 118 Å². The van der Waals surface area contributed by atoms with Crippen LogP contribution >= 0.6 is 0 Å². The van der Waals surface area contributed by atoms with Gasteiger partial charge in [-0.1, -0.05) is 12.1 Å². The number of hydrogen-bond acceptors (Lipinski definition) is 2. The summed E-state index contributed by atoms with van der Waals surface area (Å²) in [7, 11) is 0. The smallest absolute Gasteiger partial charge is 0.223 e. The highest BCUT2D eigenvalue weighted by Crippen LogP contribution is 2.54. The molecule has 2 saturated carbocycles. The van der Waals surface area contributed by atoms with Gasteiger partial charge in [-0.05, 0) is 50.2 Å². The van der Waals surface area contributed by atoms with Crippen molar-refractivity contribution < 1.29 is 4.79 Å². The van der Waals surface area contributed by atoms with Crippen LogP contribution < -0.4 is 5.32 Å². The molecule has 4 rings (SSSR count). The van der Waals surface area contributed by atoms with Gasteiger partial charge in [0.25, 0.3) is 0 Å². The summed E-state index contributed by atoms with van der Waals surface area (Å²) >= 11 is 0. The Morgan fingerprint density at radius 2 is 2.20 bits per heavy atom. The predicted molar refractivity (Wildman–Crippen MR) is 77.0 cm³/mol. The molecule has 3 unspecified atom stereocenters. The van der Waals surface area contributed by atoms with Crippen LogP contribution in [0, 0.1) is 17.8 Å². The second-order valence-corrected chi connectivity index (χ2v) is 6.21. The zero-order chi connectivity index (χ0) is 13.7. The number of aromatic nitrogens is 2. The Morgan fingerprint density at radius 1 is 1.40 bits per heavy atom. The Kier molecular flexibility index (Phi) is 2.59. The molecule has 0 radical (unpaired) electrons. The fourth-order valence-electron chi connectivity index (χ4n) is 3.13. The molecule has 1 aromatic carbocycles. The standard InChI is InChI=1S/C16H19N3O/c1-9(15-18-13-4-2-3-5-14(13)19-15)17-16(20)12-8-11(12)10-6-7-10/h2-5,9-12H,6-8H2,1H3,(H,17,20)(H,18,19). The van der Waals surface area contributed by atoms with Gasteiger partial charge in [0.2, 0.25) is 5.91 Å². The maximum atomic E-state index is 12.2. The van der Waals surface area contributed by atoms with E-state index >= 15 is 0 Å². The first-order valence-electron chi connectivity index (χ1n) is 7.47. The van der Waals surface area contributed by atoms with Gasteiger partial charge >= 0.3 is 0 Å². The fraction of sp³-hybridized carbons (Fsp3) is 0.500. The van der Waals surface area contributed by atoms with E-state index in [2.05, 4.69) is 15.3 Å². The van der Waals surface area contributed by atoms with Gasteiger partial charge in [0, 0.05) is 5.92 Å². The number of carbonyl (C=O) groups excluding carboxylic acids is 1. The van der Waals surface area contributed by atoms with Gasteiger partial charge in [-0.3, -0.25) is 4.79 Å². The molecular weight excluding hydrogens is 250 g/mol. The second kappa shape index (κ2) is 4.33. The fourth-order valence-corrected chi connectivity index (χ4v) is 3.13. The van der Waals surface area contributed by atoms with Gasteiger partial charge in [-0.15, -0.1) is 0 Å². The molecule has 104 valence electrons. The number of rotatable bonds is 4. The van der Waals surface area contributed by atoms with Gasteiger partial charge in [0.1, 0.15) is 5.82 Å². The van der Waals surface area contributed by atoms with Crippen LogP contribution in [-0.2, 0) is 4.79 Å². The minimum Gasteiger partial charge on any atom is -0.346 e. The van der Waals surface area contributed by atoms with E-state index in [0.717, 1.165) is 29.2 Å². The number of carbonyl (C=O) groups is 1. The van der Waals surface area contributed by atoms with Crippen molar-refractivity contribution in [1.82, 2.24) is 15.3 Å². The molecule has 4 heteroatoms. The Balaban J connectivity index is 1.44. The summed E-state index contributed by atoms with van der Waals surface area (Å²) in [5.74, 6) is 2.80. The highest BCUT2D eigenvalue weighted by atomic mass is 16.2. The lowest BCUT2D eigenvalue weighted by molar-refractivity contribution is -0.123. The van der Waals surface area contributed by atoms with Gasteiger partial charge < -0.3 is 10.3 Å². The Morgan fingerprint density at radius 3 is 2.95 bits per heavy atom. The topological polar surface area (TPSA) is 57.8 Å². The summed E-state index contributed by atoms with van der Waals surface area (Å²) in [6.07, 6.45) is 3.74. The quantitative estimate of drug-likeness (QED) is 0.896. The van der Waals surface area contributed by atoms with E-state index < -0.39 is 0 Å². The number of amides is 1. The number of fused-ring (bicyclic) bond motifs is 1. The first kappa shape index (κ1) is 11.9. The third kappa shape index (κ3) is 2.09. The SMILES string of the molecule is CC(NC(=O)C1CC1C1CC1)c1nc2ccccc2[nH]1. The summed E-state index contributed by atoms with van der Waals surface area (Å²) in [5, 5.41) is 3.10. The minimum absolute atomic E-state index is 0.0599. The molecule has 3 atom stereocenters. The van der Waals surface area contributed by atoms with Crippen LogP contribution in [-0.4, -0.2) is 15.9 Å². The summed E-state index contributed by atoms with van der Waals surface area (Å²) in [4.78, 5) is 20.0. The number of hydrogen-bond donors (Lipinski definition) is 2. The average Bonchev–Trinajstić information content (AvgIpc) is 3.31. The highest BCUT2D eigenvalue weighted by molar-refractivity contribution is 5.82. The van der Waals surface area contributed by atoms with Crippen molar-refractivity contribution in [3.05, 3.63) is 30.1 Å². The van der Waals surface area contributed by atoms with Crippen LogP contribution in [0.2, 0.25) is 0 Å². The van der Waals surface area contributed by atoms with E-state index in [-0.39, 0.29) is 17.9 Å². The molecule has 0 bridgehead atoms. The van der Waals surface area contributed by atoms with Crippen LogP contribution in [0.1, 0.15) is 38.1 Å². The molecule has 4 nitrogen and oxygen atoms in total. The molecule has 2 aliphatic carbocycles. The molecule has 0 spiro atoms. The number of nitrogens with one attached hydrogen (secondary N) is 2. The maximum absolute atomic E-state index is 12.2. The molecule has 2 aromatic rings. The lowest BCUT2D eigenvalue weighted by Gasteiger charge is -2.11. The van der Waals surface area contributed by atoms with Gasteiger partial charge in [0.15, 0.2) is 0 Å². The van der Waals surface area contributed by atoms with Crippen molar-refractivity contribution in [1.29, 1.82) is 0 Å². The largest absolute Gasteiger partial charge is 0.346 e. The third-order valence-electron chi connectivity index (χ3n) is 4.58. The van der Waals surface area contributed by atoms with Crippen molar-refractivity contribution in [2.24, 2.45) is 17.8 Å². The number of imidazole rings is 1. The Bertz CT molecular complexity index is 626. The second-order valence-electron chi connectivity index (χ2n) is 6.21. The average molecular weight is 269 g/mol. The van der Waals surface area contributed by atoms with E-state index in [4.69, 9.17) is 0 Å². The summed E-state index contributed by atoms with van der Waals surface area (Å²) in [6, 6.07) is 7.88. The van der Waals surface area contributed by atoms with Crippen molar-refractivity contribution in [2.45, 2.75) is 32.2 Å². The van der Waals surface area contributed by atoms with Crippen LogP contribution in [0.25, 0.3) is 11.0 Å². The van der Waals surface area contributed by atoms with Crippen molar-refractivity contribution in [3.63, 3.8) is 0 Å². The third-order valence-corrected chi connectivity index (χ3v) is 4.58. The molecular formula is C16H19N3O. The summed E-state index contributed by atoms with van der Waals surface area (Å²) in [6.45, 7) is 1.99. The highest BCUT2D eigenvalue weighted by Gasteiger charge is 2.51. The normalized spacial score (nSPS) is 26.4. The lowest BCUT2D eigenvalue weighted by atomic mass is 10.2. The predicted octanol–water partition coefficient (Wildman–Crippen LogP) is 2.79. The molecule has 20 heavy (non-hydrogen) atoms. The summed E-state index contributed by atoms with van der Waals surface area (Å²) in [5.41, 5.74) is 1.97. The van der Waals surface area contributed by atoms with E-state index in [9.17, 15) is 4.79 Å². The Hall–Kier alpha value is -1.84. The molecule has 1 amide bonds. The molecule has 1 aromatic heterocycles. The molecule has 0 aliphatic heterocycles. The summed E-state index contributed by atoms with van der Waals surface area (Å²) < 4.78 is 0. The number of para-hydroxylation sites is 2.